The molecule has 1 aromatic carbocycles. The Balaban J connectivity index is 1.84. The van der Waals surface area contributed by atoms with Crippen molar-refractivity contribution in [3.8, 4) is 0 Å². The molecule has 2 N–H and O–H groups in total. The second-order valence-electron chi connectivity index (χ2n) is 6.13. The maximum atomic E-state index is 11.5. The third-order valence-corrected chi connectivity index (χ3v) is 4.94. The first-order valence-corrected chi connectivity index (χ1v) is 7.21. The number of aliphatic carboxylic acids is 1. The van der Waals surface area contributed by atoms with Crippen LogP contribution in [0.2, 0.25) is 0 Å². The normalized spacial score (nSPS) is 30.3. The van der Waals surface area contributed by atoms with Crippen LogP contribution in [0.1, 0.15) is 24.8 Å². The number of hydrogen-bond acceptors (Lipinski definition) is 4. The largest absolute Gasteiger partial charge is 0.481 e. The molecule has 0 heterocycles. The lowest BCUT2D eigenvalue weighted by Crippen LogP contribution is -2.39. The number of fused-ring (bicyclic) bond motifs is 2. The van der Waals surface area contributed by atoms with E-state index in [4.69, 9.17) is 0 Å². The van der Waals surface area contributed by atoms with Crippen molar-refractivity contribution in [2.24, 2.45) is 17.8 Å². The lowest BCUT2D eigenvalue weighted by Gasteiger charge is -2.29. The van der Waals surface area contributed by atoms with Crippen LogP contribution in [0, 0.1) is 34.8 Å². The number of anilines is 1. The van der Waals surface area contributed by atoms with Gasteiger partial charge in [0.2, 0.25) is 0 Å². The van der Waals surface area contributed by atoms with Crippen molar-refractivity contribution >= 4 is 17.3 Å². The summed E-state index contributed by atoms with van der Waals surface area (Å²) in [6, 6.07) is 4.86. The van der Waals surface area contributed by atoms with Gasteiger partial charge in [-0.25, -0.2) is 0 Å². The Hall–Kier alpha value is -2.11. The molecule has 21 heavy (non-hydrogen) atoms. The molecule has 0 aromatic heterocycles. The summed E-state index contributed by atoms with van der Waals surface area (Å²) in [5.41, 5.74) is 1.31. The molecule has 3 rings (SSSR count). The molecule has 2 fully saturated rings. The zero-order chi connectivity index (χ0) is 15.1. The number of carboxylic acids is 1. The van der Waals surface area contributed by atoms with Crippen LogP contribution in [0.25, 0.3) is 0 Å². The van der Waals surface area contributed by atoms with Gasteiger partial charge >= 0.3 is 5.97 Å². The molecule has 1 aromatic rings. The summed E-state index contributed by atoms with van der Waals surface area (Å²) in [4.78, 5) is 22.1. The van der Waals surface area contributed by atoms with E-state index in [-0.39, 0.29) is 23.6 Å². The standard InChI is InChI=1S/C15H18N2O4/c1-8-2-5-11(7-12(8)17(20)21)16-14-10-4-3-9(6-10)13(14)15(18)19/h2,5,7,9-10,13-14,16H,3-4,6H2,1H3,(H,18,19). The van der Waals surface area contributed by atoms with Crippen LogP contribution in [0.3, 0.4) is 0 Å². The van der Waals surface area contributed by atoms with Gasteiger partial charge in [-0.1, -0.05) is 6.07 Å². The molecule has 2 bridgehead atoms. The van der Waals surface area contributed by atoms with Gasteiger partial charge in [-0.3, -0.25) is 14.9 Å². The first kappa shape index (κ1) is 13.9. The van der Waals surface area contributed by atoms with Gasteiger partial charge in [0.1, 0.15) is 0 Å². The Morgan fingerprint density at radius 2 is 2.10 bits per heavy atom. The first-order valence-electron chi connectivity index (χ1n) is 7.21. The van der Waals surface area contributed by atoms with E-state index in [1.54, 1.807) is 19.1 Å². The molecule has 0 radical (unpaired) electrons. The lowest BCUT2D eigenvalue weighted by molar-refractivity contribution is -0.385. The zero-order valence-electron chi connectivity index (χ0n) is 11.8. The molecule has 0 amide bonds. The number of hydrogen-bond donors (Lipinski definition) is 2. The van der Waals surface area contributed by atoms with E-state index < -0.39 is 10.9 Å². The quantitative estimate of drug-likeness (QED) is 0.657. The highest BCUT2D eigenvalue weighted by Gasteiger charge is 2.51. The molecular formula is C15H18N2O4. The number of carbonyl (C=O) groups is 1. The molecule has 6 nitrogen and oxygen atoms in total. The summed E-state index contributed by atoms with van der Waals surface area (Å²) in [6.07, 6.45) is 2.97. The van der Waals surface area contributed by atoms with E-state index >= 15 is 0 Å². The number of nitro benzene ring substituents is 1. The Labute approximate surface area is 122 Å². The van der Waals surface area contributed by atoms with Crippen molar-refractivity contribution in [3.05, 3.63) is 33.9 Å². The Morgan fingerprint density at radius 1 is 1.38 bits per heavy atom. The van der Waals surface area contributed by atoms with E-state index in [1.165, 1.54) is 6.07 Å². The van der Waals surface area contributed by atoms with Gasteiger partial charge in [0.15, 0.2) is 0 Å². The summed E-state index contributed by atoms with van der Waals surface area (Å²) in [5, 5.41) is 23.7. The fourth-order valence-electron chi connectivity index (χ4n) is 3.94. The summed E-state index contributed by atoms with van der Waals surface area (Å²) < 4.78 is 0. The minimum atomic E-state index is -0.763. The minimum Gasteiger partial charge on any atom is -0.481 e. The highest BCUT2D eigenvalue weighted by molar-refractivity contribution is 5.73. The highest BCUT2D eigenvalue weighted by Crippen LogP contribution is 2.49. The van der Waals surface area contributed by atoms with Crippen LogP contribution >= 0.6 is 0 Å². The number of nitro groups is 1. The molecule has 2 aliphatic rings. The van der Waals surface area contributed by atoms with Gasteiger partial charge in [0.05, 0.1) is 10.8 Å². The average Bonchev–Trinajstić information content (AvgIpc) is 3.01. The lowest BCUT2D eigenvalue weighted by atomic mass is 9.84. The molecule has 2 saturated carbocycles. The highest BCUT2D eigenvalue weighted by atomic mass is 16.6. The summed E-state index contributed by atoms with van der Waals surface area (Å²) in [5.74, 6) is -0.549. The molecule has 6 heteroatoms. The molecule has 2 aliphatic carbocycles. The Morgan fingerprint density at radius 3 is 2.76 bits per heavy atom. The van der Waals surface area contributed by atoms with Gasteiger partial charge < -0.3 is 10.4 Å². The Kier molecular flexibility index (Phi) is 3.31. The van der Waals surface area contributed by atoms with E-state index in [1.807, 2.05) is 0 Å². The maximum absolute atomic E-state index is 11.5. The summed E-state index contributed by atoms with van der Waals surface area (Å²) in [7, 11) is 0. The monoisotopic (exact) mass is 290 g/mol. The number of carboxylic acid groups (broad SMARTS) is 1. The SMILES string of the molecule is Cc1ccc(NC2C3CCC(C3)C2C(=O)O)cc1[N+](=O)[O-]. The molecule has 4 atom stereocenters. The molecule has 4 unspecified atom stereocenters. The van der Waals surface area contributed by atoms with Gasteiger partial charge in [0.25, 0.3) is 5.69 Å². The van der Waals surface area contributed by atoms with Crippen molar-refractivity contribution < 1.29 is 14.8 Å². The predicted molar refractivity (Wildman–Crippen MR) is 77.2 cm³/mol. The number of nitrogens with zero attached hydrogens (tertiary/aromatic N) is 1. The summed E-state index contributed by atoms with van der Waals surface area (Å²) >= 11 is 0. The second-order valence-corrected chi connectivity index (χ2v) is 6.13. The fourth-order valence-corrected chi connectivity index (χ4v) is 3.94. The minimum absolute atomic E-state index is 0.0648. The van der Waals surface area contributed by atoms with Gasteiger partial charge in [-0.05, 0) is 44.1 Å². The van der Waals surface area contributed by atoms with Crippen molar-refractivity contribution in [2.75, 3.05) is 5.32 Å². The van der Waals surface area contributed by atoms with Gasteiger partial charge in [-0.2, -0.15) is 0 Å². The van der Waals surface area contributed by atoms with Crippen molar-refractivity contribution in [3.63, 3.8) is 0 Å². The predicted octanol–water partition coefficient (Wildman–Crippen LogP) is 2.81. The van der Waals surface area contributed by atoms with Gasteiger partial charge in [-0.15, -0.1) is 0 Å². The van der Waals surface area contributed by atoms with Crippen LogP contribution in [0.5, 0.6) is 0 Å². The van der Waals surface area contributed by atoms with Crippen LogP contribution in [0.4, 0.5) is 11.4 Å². The van der Waals surface area contributed by atoms with Crippen LogP contribution in [-0.4, -0.2) is 22.0 Å². The van der Waals surface area contributed by atoms with Crippen molar-refractivity contribution in [2.45, 2.75) is 32.2 Å². The molecule has 0 saturated heterocycles. The molecular weight excluding hydrogens is 272 g/mol. The molecule has 0 spiro atoms. The zero-order valence-corrected chi connectivity index (χ0v) is 11.8. The number of rotatable bonds is 4. The van der Waals surface area contributed by atoms with E-state index in [2.05, 4.69) is 5.32 Å². The maximum Gasteiger partial charge on any atom is 0.308 e. The summed E-state index contributed by atoms with van der Waals surface area (Å²) in [6.45, 7) is 1.69. The van der Waals surface area contributed by atoms with Crippen molar-refractivity contribution in [1.82, 2.24) is 0 Å². The number of nitrogens with one attached hydrogen (secondary N) is 1. The van der Waals surface area contributed by atoms with E-state index in [0.717, 1.165) is 19.3 Å². The Bertz CT molecular complexity index is 601. The van der Waals surface area contributed by atoms with Crippen LogP contribution < -0.4 is 5.32 Å². The first-order chi connectivity index (χ1) is 9.97. The van der Waals surface area contributed by atoms with E-state index in [9.17, 15) is 20.0 Å². The van der Waals surface area contributed by atoms with Crippen molar-refractivity contribution in [1.29, 1.82) is 0 Å². The smallest absolute Gasteiger partial charge is 0.308 e. The third-order valence-electron chi connectivity index (χ3n) is 4.94. The number of aryl methyl sites for hydroxylation is 1. The topological polar surface area (TPSA) is 92.5 Å². The van der Waals surface area contributed by atoms with E-state index in [0.29, 0.717) is 17.2 Å². The molecule has 112 valence electrons. The number of benzene rings is 1. The fraction of sp³-hybridized carbons (Fsp3) is 0.533. The average molecular weight is 290 g/mol. The van der Waals surface area contributed by atoms with Gasteiger partial charge in [0, 0.05) is 23.4 Å². The van der Waals surface area contributed by atoms with Crippen LogP contribution in [0.15, 0.2) is 18.2 Å². The third kappa shape index (κ3) is 2.34. The second kappa shape index (κ2) is 5.02. The molecule has 0 aliphatic heterocycles. The van der Waals surface area contributed by atoms with Crippen LogP contribution in [-0.2, 0) is 4.79 Å².